The Balaban J connectivity index is 0.000000193. The first-order chi connectivity index (χ1) is 21.1. The van der Waals surface area contributed by atoms with Crippen LogP contribution < -0.4 is 5.19 Å². The Morgan fingerprint density at radius 2 is 1.33 bits per heavy atom. The summed E-state index contributed by atoms with van der Waals surface area (Å²) in [5, 5.41) is 3.61. The van der Waals surface area contributed by atoms with Gasteiger partial charge in [0.1, 0.15) is 5.58 Å². The summed E-state index contributed by atoms with van der Waals surface area (Å²) in [6.07, 6.45) is 3.86. The molecule has 7 rings (SSSR count). The van der Waals surface area contributed by atoms with E-state index in [1.165, 1.54) is 27.4 Å². The van der Waals surface area contributed by atoms with Crippen LogP contribution in [0.1, 0.15) is 16.7 Å². The molecule has 0 bridgehead atoms. The third-order valence-electron chi connectivity index (χ3n) is 7.84. The summed E-state index contributed by atoms with van der Waals surface area (Å²) in [5.41, 5.74) is 11.8. The van der Waals surface area contributed by atoms with E-state index in [4.69, 9.17) is 4.42 Å². The molecule has 3 nitrogen and oxygen atoms in total. The first kappa shape index (κ1) is 32.2. The van der Waals surface area contributed by atoms with E-state index in [1.54, 1.807) is 0 Å². The SMILES string of the molecule is Cc1cc[c-]c(-c2ccc([Si](C)(C)C)cn2)c1.Cc1ccc(-c2ccc3c(c2)oc2c[c-]c(-c4cc(C)ccn4)cc23)cc1.[Ir]. The third kappa shape index (κ3) is 7.40. The molecule has 0 aliphatic carbocycles. The molecule has 0 saturated heterocycles. The van der Waals surface area contributed by atoms with E-state index in [-0.39, 0.29) is 20.1 Å². The quantitative estimate of drug-likeness (QED) is 0.132. The first-order valence-electron chi connectivity index (χ1n) is 15.0. The van der Waals surface area contributed by atoms with Crippen molar-refractivity contribution in [3.8, 4) is 33.6 Å². The van der Waals surface area contributed by atoms with E-state index in [9.17, 15) is 0 Å². The molecule has 227 valence electrons. The van der Waals surface area contributed by atoms with Gasteiger partial charge in [-0.05, 0) is 53.7 Å². The molecule has 7 aromatic rings. The molecule has 0 N–H and O–H groups in total. The zero-order chi connectivity index (χ0) is 30.8. The van der Waals surface area contributed by atoms with Crippen LogP contribution in [0.5, 0.6) is 0 Å². The van der Waals surface area contributed by atoms with E-state index in [0.717, 1.165) is 50.0 Å². The van der Waals surface area contributed by atoms with Crippen molar-refractivity contribution in [3.05, 3.63) is 138 Å². The molecule has 0 fully saturated rings. The number of rotatable bonds is 4. The van der Waals surface area contributed by atoms with Crippen LogP contribution in [-0.4, -0.2) is 18.0 Å². The Labute approximate surface area is 280 Å². The number of furan rings is 1. The second kappa shape index (κ2) is 13.5. The van der Waals surface area contributed by atoms with Gasteiger partial charge in [-0.25, -0.2) is 0 Å². The van der Waals surface area contributed by atoms with Crippen LogP contribution in [-0.2, 0) is 20.1 Å². The molecule has 1 radical (unpaired) electrons. The molecular weight excluding hydrogens is 745 g/mol. The second-order valence-corrected chi connectivity index (χ2v) is 17.6. The number of fused-ring (bicyclic) bond motifs is 3. The van der Waals surface area contributed by atoms with Crippen LogP contribution in [0.25, 0.3) is 55.6 Å². The Bertz CT molecular complexity index is 2070. The van der Waals surface area contributed by atoms with Crippen molar-refractivity contribution in [2.75, 3.05) is 0 Å². The fraction of sp³-hybridized carbons (Fsp3) is 0.150. The molecular formula is C40H36IrN2OSi-2. The predicted octanol–water partition coefficient (Wildman–Crippen LogP) is 10.1. The number of benzene rings is 4. The summed E-state index contributed by atoms with van der Waals surface area (Å²) in [5.74, 6) is 0. The minimum Gasteiger partial charge on any atom is -0.500 e. The summed E-state index contributed by atoms with van der Waals surface area (Å²) < 4.78 is 6.10. The Kier molecular flexibility index (Phi) is 9.64. The van der Waals surface area contributed by atoms with Crippen LogP contribution in [0, 0.1) is 32.9 Å². The van der Waals surface area contributed by atoms with Gasteiger partial charge in [0, 0.05) is 37.9 Å². The number of hydrogen-bond acceptors (Lipinski definition) is 3. The maximum atomic E-state index is 6.10. The number of aryl methyl sites for hydroxylation is 3. The molecule has 3 aromatic heterocycles. The Morgan fingerprint density at radius 3 is 2.02 bits per heavy atom. The fourth-order valence-corrected chi connectivity index (χ4v) is 6.24. The molecule has 3 heterocycles. The van der Waals surface area contributed by atoms with Crippen LogP contribution in [0.3, 0.4) is 0 Å². The smallest absolute Gasteiger partial charge is 0.121 e. The van der Waals surface area contributed by atoms with E-state index in [1.807, 2.05) is 30.6 Å². The standard InChI is InChI=1S/C25H18NO.C15H18NSi.Ir/c1-16-3-5-18(6-4-16)19-7-9-21-22-14-20(23-13-17(2)11-12-26-23)8-10-24(22)27-25(21)15-19;1-12-6-5-7-13(10-12)15-9-8-14(11-16-15)17(2,3)4;/h3-7,9-15H,1-2H3;5-6,8-11H,1-4H3;/q2*-1;. The van der Waals surface area contributed by atoms with Gasteiger partial charge in [-0.1, -0.05) is 97.7 Å². The fourth-order valence-electron chi connectivity index (χ4n) is 5.20. The van der Waals surface area contributed by atoms with E-state index < -0.39 is 8.07 Å². The van der Waals surface area contributed by atoms with Crippen molar-refractivity contribution in [1.82, 2.24) is 9.97 Å². The van der Waals surface area contributed by atoms with Crippen molar-refractivity contribution in [2.24, 2.45) is 0 Å². The maximum Gasteiger partial charge on any atom is 0.121 e. The van der Waals surface area contributed by atoms with E-state index in [2.05, 4.69) is 141 Å². The van der Waals surface area contributed by atoms with E-state index >= 15 is 0 Å². The average molecular weight is 781 g/mol. The van der Waals surface area contributed by atoms with Crippen molar-refractivity contribution in [2.45, 2.75) is 40.4 Å². The minimum atomic E-state index is -1.24. The molecule has 0 unspecified atom stereocenters. The molecule has 0 aliphatic rings. The third-order valence-corrected chi connectivity index (χ3v) is 9.87. The van der Waals surface area contributed by atoms with Crippen LogP contribution >= 0.6 is 0 Å². The number of aromatic nitrogens is 2. The van der Waals surface area contributed by atoms with Crippen molar-refractivity contribution in [3.63, 3.8) is 0 Å². The van der Waals surface area contributed by atoms with Crippen LogP contribution in [0.2, 0.25) is 19.6 Å². The summed E-state index contributed by atoms with van der Waals surface area (Å²) in [7, 11) is -1.24. The molecule has 0 spiro atoms. The molecule has 4 aromatic carbocycles. The van der Waals surface area contributed by atoms with Crippen LogP contribution in [0.4, 0.5) is 0 Å². The molecule has 5 heteroatoms. The Morgan fingerprint density at radius 1 is 0.600 bits per heavy atom. The predicted molar refractivity (Wildman–Crippen MR) is 187 cm³/mol. The van der Waals surface area contributed by atoms with Gasteiger partial charge in [-0.15, -0.1) is 59.2 Å². The van der Waals surface area contributed by atoms with E-state index in [0.29, 0.717) is 0 Å². The Hall–Kier alpha value is -4.15. The summed E-state index contributed by atoms with van der Waals surface area (Å²) in [6, 6.07) is 40.1. The zero-order valence-electron chi connectivity index (χ0n) is 26.5. The molecule has 45 heavy (non-hydrogen) atoms. The normalized spacial score (nSPS) is 11.2. The van der Waals surface area contributed by atoms with Gasteiger partial charge in [-0.2, -0.15) is 0 Å². The van der Waals surface area contributed by atoms with Gasteiger partial charge in [0.2, 0.25) is 0 Å². The number of nitrogens with zero attached hydrogens (tertiary/aromatic N) is 2. The average Bonchev–Trinajstić information content (AvgIpc) is 3.39. The topological polar surface area (TPSA) is 38.9 Å². The first-order valence-corrected chi connectivity index (χ1v) is 18.5. The van der Waals surface area contributed by atoms with Crippen molar-refractivity contribution < 1.29 is 24.5 Å². The maximum absolute atomic E-state index is 6.10. The van der Waals surface area contributed by atoms with Gasteiger partial charge >= 0.3 is 0 Å². The van der Waals surface area contributed by atoms with Gasteiger partial charge in [0.25, 0.3) is 0 Å². The monoisotopic (exact) mass is 781 g/mol. The summed E-state index contributed by atoms with van der Waals surface area (Å²) in [4.78, 5) is 9.04. The number of hydrogen-bond donors (Lipinski definition) is 0. The van der Waals surface area contributed by atoms with Gasteiger partial charge in [-0.3, -0.25) is 0 Å². The van der Waals surface area contributed by atoms with Gasteiger partial charge < -0.3 is 14.4 Å². The second-order valence-electron chi connectivity index (χ2n) is 12.5. The molecule has 0 atom stereocenters. The van der Waals surface area contributed by atoms with Gasteiger partial charge in [0.05, 0.1) is 13.7 Å². The zero-order valence-corrected chi connectivity index (χ0v) is 29.9. The molecule has 0 saturated carbocycles. The summed E-state index contributed by atoms with van der Waals surface area (Å²) in [6.45, 7) is 13.3. The minimum absolute atomic E-state index is 0. The molecule has 0 amide bonds. The van der Waals surface area contributed by atoms with Crippen LogP contribution in [0.15, 0.2) is 114 Å². The number of pyridine rings is 2. The van der Waals surface area contributed by atoms with Crippen molar-refractivity contribution >= 4 is 35.2 Å². The van der Waals surface area contributed by atoms with Gasteiger partial charge in [0.15, 0.2) is 0 Å². The summed E-state index contributed by atoms with van der Waals surface area (Å²) >= 11 is 0. The molecule has 0 aliphatic heterocycles. The largest absolute Gasteiger partial charge is 0.500 e. The van der Waals surface area contributed by atoms with Crippen molar-refractivity contribution in [1.29, 1.82) is 0 Å².